The molecule has 2 aromatic rings. The van der Waals surface area contributed by atoms with E-state index in [2.05, 4.69) is 11.4 Å². The molecule has 16 heavy (non-hydrogen) atoms. The van der Waals surface area contributed by atoms with Gasteiger partial charge < -0.3 is 9.73 Å². The normalized spacial score (nSPS) is 14.8. The lowest BCUT2D eigenvalue weighted by atomic mass is 10.1. The van der Waals surface area contributed by atoms with Gasteiger partial charge in [-0.3, -0.25) is 0 Å². The molecule has 1 N–H and O–H groups in total. The molecule has 0 atom stereocenters. The van der Waals surface area contributed by atoms with Crippen molar-refractivity contribution in [1.29, 1.82) is 0 Å². The minimum Gasteiger partial charge on any atom is -0.461 e. The Balaban J connectivity index is 2.00. The van der Waals surface area contributed by atoms with Gasteiger partial charge in [-0.05, 0) is 30.3 Å². The number of fused-ring (bicyclic) bond motifs is 1. The lowest BCUT2D eigenvalue weighted by Gasteiger charge is -2.09. The Hall–Kier alpha value is -1.25. The van der Waals surface area contributed by atoms with Crippen LogP contribution in [0.3, 0.4) is 0 Å². The number of rotatable bonds is 1. The minimum absolute atomic E-state index is 0.752. The summed E-state index contributed by atoms with van der Waals surface area (Å²) >= 11 is 5.86. The maximum atomic E-state index is 5.86. The van der Waals surface area contributed by atoms with Gasteiger partial charge in [0.15, 0.2) is 0 Å². The van der Waals surface area contributed by atoms with Crippen LogP contribution in [0.25, 0.3) is 11.3 Å². The topological polar surface area (TPSA) is 25.2 Å². The Kier molecular flexibility index (Phi) is 2.46. The van der Waals surface area contributed by atoms with Crippen molar-refractivity contribution in [3.8, 4) is 11.3 Å². The Morgan fingerprint density at radius 1 is 1.19 bits per heavy atom. The monoisotopic (exact) mass is 233 g/mol. The first kappa shape index (κ1) is 9.94. The third-order valence-corrected chi connectivity index (χ3v) is 3.12. The lowest BCUT2D eigenvalue weighted by Crippen LogP contribution is -2.22. The zero-order valence-electron chi connectivity index (χ0n) is 8.79. The summed E-state index contributed by atoms with van der Waals surface area (Å²) in [7, 11) is 0. The van der Waals surface area contributed by atoms with Gasteiger partial charge in [0.2, 0.25) is 0 Å². The van der Waals surface area contributed by atoms with Crippen molar-refractivity contribution >= 4 is 11.6 Å². The molecule has 0 aliphatic carbocycles. The van der Waals surface area contributed by atoms with Crippen molar-refractivity contribution in [1.82, 2.24) is 5.32 Å². The standard InChI is InChI=1S/C13H12ClNO/c14-11-3-1-9(2-4-11)13-7-10-8-15-6-5-12(10)16-13/h1-4,7,15H,5-6,8H2. The summed E-state index contributed by atoms with van der Waals surface area (Å²) in [6, 6.07) is 9.86. The van der Waals surface area contributed by atoms with Gasteiger partial charge in [-0.15, -0.1) is 0 Å². The van der Waals surface area contributed by atoms with Gasteiger partial charge in [-0.1, -0.05) is 11.6 Å². The van der Waals surface area contributed by atoms with Gasteiger partial charge in [0.25, 0.3) is 0 Å². The fraction of sp³-hybridized carbons (Fsp3) is 0.231. The summed E-state index contributed by atoms with van der Waals surface area (Å²) in [5.41, 5.74) is 2.36. The smallest absolute Gasteiger partial charge is 0.134 e. The SMILES string of the molecule is Clc1ccc(-c2cc3c(o2)CCNC3)cc1. The molecule has 1 aromatic carbocycles. The molecule has 1 aliphatic heterocycles. The predicted molar refractivity (Wildman–Crippen MR) is 64.6 cm³/mol. The van der Waals surface area contributed by atoms with Crippen molar-refractivity contribution in [3.63, 3.8) is 0 Å². The molecule has 3 heteroatoms. The van der Waals surface area contributed by atoms with Crippen molar-refractivity contribution in [2.24, 2.45) is 0 Å². The minimum atomic E-state index is 0.752. The summed E-state index contributed by atoms with van der Waals surface area (Å²) in [5.74, 6) is 2.05. The molecule has 0 saturated carbocycles. The number of nitrogens with one attached hydrogen (secondary N) is 1. The lowest BCUT2D eigenvalue weighted by molar-refractivity contribution is 0.484. The van der Waals surface area contributed by atoms with Gasteiger partial charge in [0.1, 0.15) is 11.5 Å². The molecule has 3 rings (SSSR count). The first-order chi connectivity index (χ1) is 7.83. The summed E-state index contributed by atoms with van der Waals surface area (Å²) in [5, 5.41) is 4.09. The molecule has 0 amide bonds. The van der Waals surface area contributed by atoms with Crippen LogP contribution in [0.2, 0.25) is 5.02 Å². The van der Waals surface area contributed by atoms with E-state index in [1.807, 2.05) is 24.3 Å². The Morgan fingerprint density at radius 3 is 2.75 bits per heavy atom. The van der Waals surface area contributed by atoms with Gasteiger partial charge in [0, 0.05) is 35.7 Å². The average molecular weight is 234 g/mol. The first-order valence-corrected chi connectivity index (χ1v) is 5.79. The first-order valence-electron chi connectivity index (χ1n) is 5.41. The zero-order valence-corrected chi connectivity index (χ0v) is 9.55. The van der Waals surface area contributed by atoms with Crippen molar-refractivity contribution in [2.75, 3.05) is 6.54 Å². The van der Waals surface area contributed by atoms with Gasteiger partial charge >= 0.3 is 0 Å². The Morgan fingerprint density at radius 2 is 2.00 bits per heavy atom. The van der Waals surface area contributed by atoms with E-state index in [9.17, 15) is 0 Å². The van der Waals surface area contributed by atoms with Crippen LogP contribution >= 0.6 is 11.6 Å². The molecule has 0 fully saturated rings. The molecule has 0 bridgehead atoms. The van der Waals surface area contributed by atoms with Crippen LogP contribution < -0.4 is 5.32 Å². The second-order valence-corrected chi connectivity index (χ2v) is 4.43. The van der Waals surface area contributed by atoms with Crippen LogP contribution in [0.4, 0.5) is 0 Å². The highest BCUT2D eigenvalue weighted by atomic mass is 35.5. The second kappa shape index (κ2) is 3.96. The fourth-order valence-corrected chi connectivity index (χ4v) is 2.14. The molecular weight excluding hydrogens is 222 g/mol. The quantitative estimate of drug-likeness (QED) is 0.818. The van der Waals surface area contributed by atoms with Crippen LogP contribution in [-0.2, 0) is 13.0 Å². The molecular formula is C13H12ClNO. The van der Waals surface area contributed by atoms with Crippen LogP contribution in [0.1, 0.15) is 11.3 Å². The molecule has 0 saturated heterocycles. The summed E-state index contributed by atoms with van der Waals surface area (Å²) in [6.07, 6.45) is 0.975. The van der Waals surface area contributed by atoms with Crippen molar-refractivity contribution < 1.29 is 4.42 Å². The maximum absolute atomic E-state index is 5.86. The predicted octanol–water partition coefficient (Wildman–Crippen LogP) is 3.25. The van der Waals surface area contributed by atoms with Crippen molar-refractivity contribution in [3.05, 3.63) is 46.7 Å². The van der Waals surface area contributed by atoms with E-state index >= 15 is 0 Å². The van der Waals surface area contributed by atoms with E-state index in [0.29, 0.717) is 0 Å². The van der Waals surface area contributed by atoms with E-state index in [1.54, 1.807) is 0 Å². The van der Waals surface area contributed by atoms with E-state index < -0.39 is 0 Å². The average Bonchev–Trinajstić information content (AvgIpc) is 2.73. The summed E-state index contributed by atoms with van der Waals surface area (Å²) < 4.78 is 5.85. The summed E-state index contributed by atoms with van der Waals surface area (Å²) in [6.45, 7) is 1.91. The highest BCUT2D eigenvalue weighted by molar-refractivity contribution is 6.30. The molecule has 0 spiro atoms. The van der Waals surface area contributed by atoms with Gasteiger partial charge in [-0.2, -0.15) is 0 Å². The Labute approximate surface area is 99.2 Å². The number of furan rings is 1. The van der Waals surface area contributed by atoms with Crippen molar-refractivity contribution in [2.45, 2.75) is 13.0 Å². The van der Waals surface area contributed by atoms with Gasteiger partial charge in [0.05, 0.1) is 0 Å². The van der Waals surface area contributed by atoms with E-state index in [1.165, 1.54) is 5.56 Å². The largest absolute Gasteiger partial charge is 0.461 e. The number of hydrogen-bond acceptors (Lipinski definition) is 2. The molecule has 82 valence electrons. The highest BCUT2D eigenvalue weighted by Crippen LogP contribution is 2.28. The third-order valence-electron chi connectivity index (χ3n) is 2.87. The number of hydrogen-bond donors (Lipinski definition) is 1. The molecule has 2 nitrogen and oxygen atoms in total. The van der Waals surface area contributed by atoms with Crippen LogP contribution in [-0.4, -0.2) is 6.54 Å². The van der Waals surface area contributed by atoms with E-state index in [4.69, 9.17) is 16.0 Å². The third kappa shape index (κ3) is 1.75. The van der Waals surface area contributed by atoms with Gasteiger partial charge in [-0.25, -0.2) is 0 Å². The maximum Gasteiger partial charge on any atom is 0.134 e. The fourth-order valence-electron chi connectivity index (χ4n) is 2.01. The number of benzene rings is 1. The molecule has 0 radical (unpaired) electrons. The zero-order chi connectivity index (χ0) is 11.0. The second-order valence-electron chi connectivity index (χ2n) is 3.99. The Bertz CT molecular complexity index is 478. The number of halogens is 1. The molecule has 1 aliphatic rings. The van der Waals surface area contributed by atoms with E-state index in [-0.39, 0.29) is 0 Å². The molecule has 2 heterocycles. The highest BCUT2D eigenvalue weighted by Gasteiger charge is 2.15. The van der Waals surface area contributed by atoms with E-state index in [0.717, 1.165) is 41.6 Å². The van der Waals surface area contributed by atoms with Crippen LogP contribution in [0, 0.1) is 0 Å². The molecule has 0 unspecified atom stereocenters. The molecule has 1 aromatic heterocycles. The summed E-state index contributed by atoms with van der Waals surface area (Å²) in [4.78, 5) is 0. The van der Waals surface area contributed by atoms with Crippen LogP contribution in [0.15, 0.2) is 34.7 Å². The van der Waals surface area contributed by atoms with Crippen LogP contribution in [0.5, 0.6) is 0 Å².